The average Bonchev–Trinajstić information content (AvgIpc) is 2.97. The van der Waals surface area contributed by atoms with Crippen molar-refractivity contribution in [2.24, 2.45) is 16.8 Å². The number of hydrogen-bond donors (Lipinski definition) is 0. The van der Waals surface area contributed by atoms with Crippen LogP contribution >= 0.6 is 0 Å². The predicted molar refractivity (Wildman–Crippen MR) is 80.6 cm³/mol. The number of guanidine groups is 1. The zero-order chi connectivity index (χ0) is 13.9. The normalized spacial score (nSPS) is 25.9. The molecule has 4 heteroatoms. The first kappa shape index (κ1) is 13.9. The molecule has 0 N–H and O–H groups in total. The van der Waals surface area contributed by atoms with Gasteiger partial charge in [-0.1, -0.05) is 26.2 Å². The summed E-state index contributed by atoms with van der Waals surface area (Å²) in [6.07, 6.45) is 8.36. The van der Waals surface area contributed by atoms with Crippen molar-refractivity contribution in [3.8, 4) is 0 Å². The van der Waals surface area contributed by atoms with Crippen LogP contribution in [0.15, 0.2) is 4.99 Å². The number of carbonyl (C=O) groups excluding carboxylic acids is 1. The number of likely N-dealkylation sites (tertiary alicyclic amines) is 1. The molecule has 1 saturated heterocycles. The zero-order valence-electron chi connectivity index (χ0n) is 12.7. The maximum Gasteiger partial charge on any atom is 0.232 e. The third-order valence-corrected chi connectivity index (χ3v) is 5.11. The van der Waals surface area contributed by atoms with E-state index >= 15 is 0 Å². The second kappa shape index (κ2) is 6.15. The van der Waals surface area contributed by atoms with Crippen LogP contribution in [0.4, 0.5) is 0 Å². The summed E-state index contributed by atoms with van der Waals surface area (Å²) in [6.45, 7) is 6.04. The van der Waals surface area contributed by atoms with Crippen molar-refractivity contribution in [1.29, 1.82) is 0 Å². The lowest BCUT2D eigenvalue weighted by Crippen LogP contribution is -2.49. The van der Waals surface area contributed by atoms with Gasteiger partial charge in [0.05, 0.1) is 6.54 Å². The minimum absolute atomic E-state index is 0.260. The van der Waals surface area contributed by atoms with Gasteiger partial charge >= 0.3 is 0 Å². The maximum atomic E-state index is 12.7. The van der Waals surface area contributed by atoms with E-state index in [0.717, 1.165) is 50.9 Å². The Morgan fingerprint density at radius 3 is 2.45 bits per heavy atom. The number of nitrogens with zero attached hydrogens (tertiary/aromatic N) is 3. The summed E-state index contributed by atoms with van der Waals surface area (Å²) >= 11 is 0. The highest BCUT2D eigenvalue weighted by atomic mass is 16.2. The molecule has 112 valence electrons. The van der Waals surface area contributed by atoms with Gasteiger partial charge in [-0.15, -0.1) is 0 Å². The van der Waals surface area contributed by atoms with Crippen LogP contribution in [-0.2, 0) is 4.79 Å². The number of aliphatic imine (C=N–C) groups is 1. The van der Waals surface area contributed by atoms with Crippen molar-refractivity contribution < 1.29 is 4.79 Å². The number of carbonyl (C=O) groups is 1. The van der Waals surface area contributed by atoms with Crippen LogP contribution in [0.25, 0.3) is 0 Å². The summed E-state index contributed by atoms with van der Waals surface area (Å²) in [5, 5.41) is 0. The lowest BCUT2D eigenvalue weighted by atomic mass is 9.88. The van der Waals surface area contributed by atoms with Crippen LogP contribution in [0.3, 0.4) is 0 Å². The smallest absolute Gasteiger partial charge is 0.232 e. The Morgan fingerprint density at radius 1 is 1.05 bits per heavy atom. The number of piperidine rings is 1. The first-order chi connectivity index (χ1) is 9.75. The summed E-state index contributed by atoms with van der Waals surface area (Å²) in [4.78, 5) is 21.7. The fourth-order valence-corrected chi connectivity index (χ4v) is 3.69. The van der Waals surface area contributed by atoms with Crippen molar-refractivity contribution in [2.45, 2.75) is 51.9 Å². The Morgan fingerprint density at radius 2 is 1.75 bits per heavy atom. The lowest BCUT2D eigenvalue weighted by Gasteiger charge is -2.36. The highest BCUT2D eigenvalue weighted by Gasteiger charge is 2.34. The Labute approximate surface area is 122 Å². The van der Waals surface area contributed by atoms with Gasteiger partial charge in [0.25, 0.3) is 0 Å². The van der Waals surface area contributed by atoms with Gasteiger partial charge in [-0.25, -0.2) is 0 Å². The molecular formula is C16H27N3O. The predicted octanol–water partition coefficient (Wildman–Crippen LogP) is 2.50. The van der Waals surface area contributed by atoms with Crippen LogP contribution in [0.5, 0.6) is 0 Å². The van der Waals surface area contributed by atoms with E-state index in [2.05, 4.69) is 16.8 Å². The molecule has 0 unspecified atom stereocenters. The van der Waals surface area contributed by atoms with Crippen LogP contribution in [-0.4, -0.2) is 47.8 Å². The van der Waals surface area contributed by atoms with Crippen molar-refractivity contribution in [1.82, 2.24) is 9.80 Å². The fourth-order valence-electron chi connectivity index (χ4n) is 3.69. The number of amides is 1. The van der Waals surface area contributed by atoms with Crippen LogP contribution in [0, 0.1) is 11.8 Å². The molecule has 1 aliphatic carbocycles. The Balaban J connectivity index is 1.64. The third-order valence-electron chi connectivity index (χ3n) is 5.11. The topological polar surface area (TPSA) is 35.9 Å². The van der Waals surface area contributed by atoms with Crippen molar-refractivity contribution >= 4 is 11.9 Å². The van der Waals surface area contributed by atoms with Gasteiger partial charge in [0.2, 0.25) is 11.9 Å². The maximum absolute atomic E-state index is 12.7. The molecule has 0 aromatic rings. The lowest BCUT2D eigenvalue weighted by molar-refractivity contribution is -0.132. The Bertz CT molecular complexity index is 379. The number of rotatable bonds is 1. The van der Waals surface area contributed by atoms with Crippen LogP contribution < -0.4 is 0 Å². The summed E-state index contributed by atoms with van der Waals surface area (Å²) in [5.41, 5.74) is 0. The van der Waals surface area contributed by atoms with Crippen molar-refractivity contribution in [3.63, 3.8) is 0 Å². The largest absolute Gasteiger partial charge is 0.342 e. The van der Waals surface area contributed by atoms with E-state index in [-0.39, 0.29) is 5.92 Å². The van der Waals surface area contributed by atoms with Gasteiger partial charge in [-0.3, -0.25) is 14.7 Å². The van der Waals surface area contributed by atoms with Crippen LogP contribution in [0.1, 0.15) is 51.9 Å². The molecule has 2 aliphatic heterocycles. The molecule has 0 aromatic heterocycles. The molecule has 2 fully saturated rings. The standard InChI is InChI=1S/C16H27N3O/c1-13-7-10-18(11-8-13)16-17-9-12-19(16)15(20)14-5-3-2-4-6-14/h13-14H,2-12H2,1H3. The fraction of sp³-hybridized carbons (Fsp3) is 0.875. The van der Waals surface area contributed by atoms with Crippen LogP contribution in [0.2, 0.25) is 0 Å². The van der Waals surface area contributed by atoms with E-state index in [1.54, 1.807) is 0 Å². The first-order valence-electron chi connectivity index (χ1n) is 8.36. The van der Waals surface area contributed by atoms with Gasteiger partial charge in [-0.2, -0.15) is 0 Å². The molecular weight excluding hydrogens is 250 g/mol. The monoisotopic (exact) mass is 277 g/mol. The van der Waals surface area contributed by atoms with E-state index < -0.39 is 0 Å². The SMILES string of the molecule is CC1CCN(C2=NCCN2C(=O)C2CCCCC2)CC1. The van der Waals surface area contributed by atoms with E-state index in [0.29, 0.717) is 5.91 Å². The minimum atomic E-state index is 0.260. The van der Waals surface area contributed by atoms with E-state index in [4.69, 9.17) is 0 Å². The van der Waals surface area contributed by atoms with E-state index in [1.165, 1.54) is 32.1 Å². The molecule has 1 saturated carbocycles. The summed E-state index contributed by atoms with van der Waals surface area (Å²) in [5.74, 6) is 2.40. The van der Waals surface area contributed by atoms with E-state index in [1.807, 2.05) is 4.90 Å². The molecule has 20 heavy (non-hydrogen) atoms. The number of hydrogen-bond acceptors (Lipinski definition) is 3. The molecule has 2 heterocycles. The molecule has 3 aliphatic rings. The molecule has 0 spiro atoms. The molecule has 0 bridgehead atoms. The molecule has 3 rings (SSSR count). The van der Waals surface area contributed by atoms with Gasteiger partial charge in [0.15, 0.2) is 0 Å². The third kappa shape index (κ3) is 2.84. The second-order valence-corrected chi connectivity index (χ2v) is 6.68. The Hall–Kier alpha value is -1.06. The second-order valence-electron chi connectivity index (χ2n) is 6.68. The minimum Gasteiger partial charge on any atom is -0.342 e. The molecule has 0 radical (unpaired) electrons. The van der Waals surface area contributed by atoms with Gasteiger partial charge in [0, 0.05) is 25.6 Å². The summed E-state index contributed by atoms with van der Waals surface area (Å²) in [6, 6.07) is 0. The molecule has 1 amide bonds. The molecule has 0 atom stereocenters. The zero-order valence-corrected chi connectivity index (χ0v) is 12.7. The highest BCUT2D eigenvalue weighted by molar-refractivity contribution is 5.99. The van der Waals surface area contributed by atoms with Crippen molar-refractivity contribution in [2.75, 3.05) is 26.2 Å². The summed E-state index contributed by atoms with van der Waals surface area (Å²) < 4.78 is 0. The first-order valence-corrected chi connectivity index (χ1v) is 8.36. The highest BCUT2D eigenvalue weighted by Crippen LogP contribution is 2.27. The van der Waals surface area contributed by atoms with Gasteiger partial charge < -0.3 is 4.90 Å². The van der Waals surface area contributed by atoms with Gasteiger partial charge in [-0.05, 0) is 31.6 Å². The summed E-state index contributed by atoms with van der Waals surface area (Å²) in [7, 11) is 0. The molecule has 4 nitrogen and oxygen atoms in total. The Kier molecular flexibility index (Phi) is 4.27. The van der Waals surface area contributed by atoms with E-state index in [9.17, 15) is 4.79 Å². The average molecular weight is 277 g/mol. The molecule has 0 aromatic carbocycles. The van der Waals surface area contributed by atoms with Crippen molar-refractivity contribution in [3.05, 3.63) is 0 Å². The van der Waals surface area contributed by atoms with Gasteiger partial charge in [0.1, 0.15) is 0 Å². The quantitative estimate of drug-likeness (QED) is 0.738.